The molecule has 1 N–H and O–H groups in total. The topological polar surface area (TPSA) is 50.8 Å². The molecule has 1 saturated heterocycles. The number of carbonyl (C=O) groups is 1. The molecule has 116 valence electrons. The number of ether oxygens (including phenoxy) is 2. The lowest BCUT2D eigenvalue weighted by atomic mass is 10.1. The third-order valence-corrected chi connectivity index (χ3v) is 3.63. The Morgan fingerprint density at radius 3 is 2.95 bits per heavy atom. The molecule has 0 aliphatic carbocycles. The summed E-state index contributed by atoms with van der Waals surface area (Å²) in [5.74, 6) is 0. The van der Waals surface area contributed by atoms with Crippen LogP contribution in [0.2, 0.25) is 0 Å². The predicted octanol–water partition coefficient (Wildman–Crippen LogP) is 2.02. The lowest BCUT2D eigenvalue weighted by molar-refractivity contribution is 0.0428. The van der Waals surface area contributed by atoms with Crippen LogP contribution in [0.15, 0.2) is 30.3 Å². The van der Waals surface area contributed by atoms with Gasteiger partial charge in [0.05, 0.1) is 19.3 Å². The van der Waals surface area contributed by atoms with Crippen LogP contribution in [0.3, 0.4) is 0 Å². The van der Waals surface area contributed by atoms with Crippen LogP contribution in [0.5, 0.6) is 0 Å². The van der Waals surface area contributed by atoms with Crippen molar-refractivity contribution in [2.75, 3.05) is 33.4 Å². The summed E-state index contributed by atoms with van der Waals surface area (Å²) in [5.41, 5.74) is 1.14. The first-order chi connectivity index (χ1) is 10.3. The van der Waals surface area contributed by atoms with Crippen molar-refractivity contribution in [2.45, 2.75) is 25.6 Å². The molecule has 0 spiro atoms. The second-order valence-electron chi connectivity index (χ2n) is 5.22. The van der Waals surface area contributed by atoms with Crippen LogP contribution >= 0.6 is 0 Å². The molecule has 2 rings (SSSR count). The summed E-state index contributed by atoms with van der Waals surface area (Å²) in [7, 11) is 1.70. The Balaban J connectivity index is 1.59. The van der Waals surface area contributed by atoms with E-state index in [1.807, 2.05) is 35.2 Å². The van der Waals surface area contributed by atoms with E-state index in [0.29, 0.717) is 26.3 Å². The molecule has 1 aromatic carbocycles. The molecule has 1 fully saturated rings. The third kappa shape index (κ3) is 5.36. The summed E-state index contributed by atoms with van der Waals surface area (Å²) in [6.07, 6.45) is 2.19. The summed E-state index contributed by atoms with van der Waals surface area (Å²) in [6.45, 7) is 3.10. The van der Waals surface area contributed by atoms with Crippen molar-refractivity contribution in [3.8, 4) is 0 Å². The predicted molar refractivity (Wildman–Crippen MR) is 81.1 cm³/mol. The summed E-state index contributed by atoms with van der Waals surface area (Å²) in [5, 5.41) is 2.89. The monoisotopic (exact) mass is 292 g/mol. The molecular formula is C16H24N2O3. The van der Waals surface area contributed by atoms with Gasteiger partial charge in [0.2, 0.25) is 0 Å². The largest absolute Gasteiger partial charge is 0.380 e. The van der Waals surface area contributed by atoms with E-state index in [2.05, 4.69) is 5.32 Å². The van der Waals surface area contributed by atoms with E-state index in [4.69, 9.17) is 9.47 Å². The summed E-state index contributed by atoms with van der Waals surface area (Å²) >= 11 is 0. The lowest BCUT2D eigenvalue weighted by Gasteiger charge is -2.31. The van der Waals surface area contributed by atoms with Gasteiger partial charge >= 0.3 is 6.03 Å². The number of hydrogen-bond acceptors (Lipinski definition) is 3. The molecule has 5 heteroatoms. The lowest BCUT2D eigenvalue weighted by Crippen LogP contribution is -2.48. The molecule has 1 unspecified atom stereocenters. The fraction of sp³-hybridized carbons (Fsp3) is 0.562. The van der Waals surface area contributed by atoms with Crippen molar-refractivity contribution < 1.29 is 14.3 Å². The van der Waals surface area contributed by atoms with E-state index < -0.39 is 0 Å². The van der Waals surface area contributed by atoms with Gasteiger partial charge in [-0.3, -0.25) is 0 Å². The van der Waals surface area contributed by atoms with Gasteiger partial charge in [0.1, 0.15) is 0 Å². The zero-order valence-electron chi connectivity index (χ0n) is 12.6. The number of likely N-dealkylation sites (tertiary alicyclic amines) is 1. The van der Waals surface area contributed by atoms with Gasteiger partial charge in [0.15, 0.2) is 0 Å². The quantitative estimate of drug-likeness (QED) is 0.816. The average Bonchev–Trinajstić information content (AvgIpc) is 2.55. The van der Waals surface area contributed by atoms with E-state index in [9.17, 15) is 4.79 Å². The van der Waals surface area contributed by atoms with Crippen LogP contribution in [-0.4, -0.2) is 50.4 Å². The second-order valence-corrected chi connectivity index (χ2v) is 5.22. The minimum Gasteiger partial charge on any atom is -0.380 e. The van der Waals surface area contributed by atoms with Gasteiger partial charge < -0.3 is 19.7 Å². The van der Waals surface area contributed by atoms with E-state index in [1.54, 1.807) is 7.11 Å². The first kappa shape index (κ1) is 15.8. The molecule has 0 aromatic heterocycles. The van der Waals surface area contributed by atoms with E-state index in [0.717, 1.165) is 24.9 Å². The Bertz CT molecular complexity index is 425. The number of nitrogens with one attached hydrogen (secondary N) is 1. The number of methoxy groups -OCH3 is 1. The van der Waals surface area contributed by atoms with E-state index in [1.165, 1.54) is 0 Å². The van der Waals surface area contributed by atoms with Crippen molar-refractivity contribution >= 4 is 6.03 Å². The number of hydrogen-bond donors (Lipinski definition) is 1. The number of carbonyl (C=O) groups excluding carboxylic acids is 1. The van der Waals surface area contributed by atoms with E-state index in [-0.39, 0.29) is 12.1 Å². The summed E-state index contributed by atoms with van der Waals surface area (Å²) < 4.78 is 10.9. The SMILES string of the molecule is COC1CCCN(C(=O)NCCOCc2ccccc2)C1. The smallest absolute Gasteiger partial charge is 0.317 e. The Labute approximate surface area is 126 Å². The first-order valence-electron chi connectivity index (χ1n) is 7.47. The number of nitrogens with zero attached hydrogens (tertiary/aromatic N) is 1. The zero-order chi connectivity index (χ0) is 14.9. The molecule has 1 aliphatic heterocycles. The van der Waals surface area contributed by atoms with Gasteiger partial charge in [-0.05, 0) is 18.4 Å². The summed E-state index contributed by atoms with van der Waals surface area (Å²) in [6, 6.07) is 9.98. The van der Waals surface area contributed by atoms with Gasteiger partial charge in [-0.25, -0.2) is 4.79 Å². The van der Waals surface area contributed by atoms with Crippen molar-refractivity contribution in [2.24, 2.45) is 0 Å². The molecule has 21 heavy (non-hydrogen) atoms. The Morgan fingerprint density at radius 1 is 1.38 bits per heavy atom. The van der Waals surface area contributed by atoms with Crippen LogP contribution in [0.4, 0.5) is 4.79 Å². The Kier molecular flexibility index (Phi) is 6.50. The molecule has 1 heterocycles. The minimum atomic E-state index is -0.0277. The van der Waals surface area contributed by atoms with Crippen LogP contribution in [0.1, 0.15) is 18.4 Å². The molecule has 1 aromatic rings. The number of urea groups is 1. The highest BCUT2D eigenvalue weighted by atomic mass is 16.5. The molecule has 0 radical (unpaired) electrons. The third-order valence-electron chi connectivity index (χ3n) is 3.63. The number of piperidine rings is 1. The molecule has 5 nitrogen and oxygen atoms in total. The maximum atomic E-state index is 12.0. The highest BCUT2D eigenvalue weighted by Gasteiger charge is 2.22. The van der Waals surface area contributed by atoms with Crippen LogP contribution in [-0.2, 0) is 16.1 Å². The van der Waals surface area contributed by atoms with Crippen molar-refractivity contribution in [3.05, 3.63) is 35.9 Å². The number of rotatable bonds is 6. The highest BCUT2D eigenvalue weighted by Crippen LogP contribution is 2.12. The Morgan fingerprint density at radius 2 is 2.19 bits per heavy atom. The average molecular weight is 292 g/mol. The Hall–Kier alpha value is -1.59. The first-order valence-corrected chi connectivity index (χ1v) is 7.47. The zero-order valence-corrected chi connectivity index (χ0v) is 12.6. The summed E-state index contributed by atoms with van der Waals surface area (Å²) in [4.78, 5) is 13.8. The maximum absolute atomic E-state index is 12.0. The highest BCUT2D eigenvalue weighted by molar-refractivity contribution is 5.74. The van der Waals surface area contributed by atoms with Crippen molar-refractivity contribution in [1.29, 1.82) is 0 Å². The number of benzene rings is 1. The van der Waals surface area contributed by atoms with Crippen LogP contribution < -0.4 is 5.32 Å². The standard InChI is InChI=1S/C16H24N2O3/c1-20-15-8-5-10-18(12-15)16(19)17-9-11-21-13-14-6-3-2-4-7-14/h2-4,6-7,15H,5,8-13H2,1H3,(H,17,19). The minimum absolute atomic E-state index is 0.0277. The molecular weight excluding hydrogens is 268 g/mol. The van der Waals surface area contributed by atoms with Gasteiger partial charge in [-0.15, -0.1) is 0 Å². The molecule has 0 saturated carbocycles. The fourth-order valence-corrected chi connectivity index (χ4v) is 2.42. The normalized spacial score (nSPS) is 18.5. The molecule has 2 amide bonds. The molecule has 0 bridgehead atoms. The van der Waals surface area contributed by atoms with Crippen molar-refractivity contribution in [3.63, 3.8) is 0 Å². The van der Waals surface area contributed by atoms with E-state index >= 15 is 0 Å². The maximum Gasteiger partial charge on any atom is 0.317 e. The van der Waals surface area contributed by atoms with Crippen molar-refractivity contribution in [1.82, 2.24) is 10.2 Å². The number of amides is 2. The fourth-order valence-electron chi connectivity index (χ4n) is 2.42. The molecule has 1 atom stereocenters. The van der Waals surface area contributed by atoms with Gasteiger partial charge in [-0.1, -0.05) is 30.3 Å². The van der Waals surface area contributed by atoms with Gasteiger partial charge in [0, 0.05) is 26.7 Å². The van der Waals surface area contributed by atoms with Crippen LogP contribution in [0.25, 0.3) is 0 Å². The van der Waals surface area contributed by atoms with Crippen LogP contribution in [0, 0.1) is 0 Å². The molecule has 1 aliphatic rings. The van der Waals surface area contributed by atoms with Gasteiger partial charge in [0.25, 0.3) is 0 Å². The van der Waals surface area contributed by atoms with Gasteiger partial charge in [-0.2, -0.15) is 0 Å². The second kappa shape index (κ2) is 8.64.